The van der Waals surface area contributed by atoms with Gasteiger partial charge in [-0.25, -0.2) is 19.9 Å². The molecule has 0 unspecified atom stereocenters. The van der Waals surface area contributed by atoms with Crippen molar-refractivity contribution in [1.29, 1.82) is 0 Å². The maximum atomic E-state index is 11.9. The summed E-state index contributed by atoms with van der Waals surface area (Å²) < 4.78 is 0. The number of nitrogens with zero attached hydrogens (tertiary/aromatic N) is 5. The molecular formula is C16H20N6O. The second kappa shape index (κ2) is 6.68. The van der Waals surface area contributed by atoms with E-state index in [2.05, 4.69) is 25.3 Å². The van der Waals surface area contributed by atoms with Gasteiger partial charge in [0.1, 0.15) is 5.82 Å². The summed E-state index contributed by atoms with van der Waals surface area (Å²) in [4.78, 5) is 31.5. The van der Waals surface area contributed by atoms with Gasteiger partial charge in [0.2, 0.25) is 5.91 Å². The Labute approximate surface area is 135 Å². The van der Waals surface area contributed by atoms with Crippen LogP contribution in [0.2, 0.25) is 0 Å². The van der Waals surface area contributed by atoms with E-state index in [1.165, 1.54) is 0 Å². The Kier molecular flexibility index (Phi) is 4.45. The lowest BCUT2D eigenvalue weighted by molar-refractivity contribution is -0.119. The molecule has 0 atom stereocenters. The average Bonchev–Trinajstić information content (AvgIpc) is 3.03. The molecule has 1 aliphatic carbocycles. The number of carbonyl (C=O) groups is 1. The zero-order valence-electron chi connectivity index (χ0n) is 13.4. The van der Waals surface area contributed by atoms with E-state index in [1.54, 1.807) is 18.5 Å². The highest BCUT2D eigenvalue weighted by Crippen LogP contribution is 2.29. The number of hydrogen-bond acceptors (Lipinski definition) is 6. The smallest absolute Gasteiger partial charge is 0.239 e. The van der Waals surface area contributed by atoms with Gasteiger partial charge in [-0.05, 0) is 32.3 Å². The minimum atomic E-state index is -0.0159. The third-order valence-corrected chi connectivity index (χ3v) is 3.79. The molecular weight excluding hydrogens is 292 g/mol. The first-order valence-corrected chi connectivity index (χ1v) is 7.84. The van der Waals surface area contributed by atoms with E-state index in [1.807, 2.05) is 18.9 Å². The van der Waals surface area contributed by atoms with Gasteiger partial charge in [0, 0.05) is 37.2 Å². The molecule has 0 bridgehead atoms. The van der Waals surface area contributed by atoms with Gasteiger partial charge < -0.3 is 10.2 Å². The molecule has 0 saturated heterocycles. The highest BCUT2D eigenvalue weighted by atomic mass is 16.2. The monoisotopic (exact) mass is 312 g/mol. The molecule has 2 heterocycles. The number of rotatable bonds is 5. The van der Waals surface area contributed by atoms with Crippen molar-refractivity contribution in [1.82, 2.24) is 25.3 Å². The summed E-state index contributed by atoms with van der Waals surface area (Å²) in [7, 11) is 1.88. The summed E-state index contributed by atoms with van der Waals surface area (Å²) in [5.41, 5.74) is 2.18. The maximum Gasteiger partial charge on any atom is 0.239 e. The van der Waals surface area contributed by atoms with Crippen LogP contribution in [0.1, 0.15) is 24.6 Å². The van der Waals surface area contributed by atoms with E-state index in [0.29, 0.717) is 18.2 Å². The number of aryl methyl sites for hydroxylation is 1. The van der Waals surface area contributed by atoms with Crippen molar-refractivity contribution in [2.75, 3.05) is 25.0 Å². The van der Waals surface area contributed by atoms with E-state index in [4.69, 9.17) is 0 Å². The summed E-state index contributed by atoms with van der Waals surface area (Å²) in [6, 6.07) is 1.76. The quantitative estimate of drug-likeness (QED) is 0.886. The first kappa shape index (κ1) is 15.3. The molecule has 2 aromatic heterocycles. The number of hydrogen-bond donors (Lipinski definition) is 1. The molecule has 7 nitrogen and oxygen atoms in total. The van der Waals surface area contributed by atoms with Crippen molar-refractivity contribution < 1.29 is 4.79 Å². The van der Waals surface area contributed by atoms with Gasteiger partial charge in [-0.2, -0.15) is 0 Å². The molecule has 0 saturated carbocycles. The molecule has 0 spiro atoms. The SMILES string of the molecule is CCNC(=O)CN(C)c1nc(-c2ncccn2)nc2c1CCC2. The lowest BCUT2D eigenvalue weighted by Crippen LogP contribution is -2.35. The average molecular weight is 312 g/mol. The lowest BCUT2D eigenvalue weighted by Gasteiger charge is -2.21. The Morgan fingerprint density at radius 3 is 2.74 bits per heavy atom. The fourth-order valence-electron chi connectivity index (χ4n) is 2.79. The normalized spacial score (nSPS) is 12.8. The van der Waals surface area contributed by atoms with Gasteiger partial charge in [0.05, 0.1) is 6.54 Å². The molecule has 23 heavy (non-hydrogen) atoms. The number of aromatic nitrogens is 4. The molecule has 2 aromatic rings. The first-order chi connectivity index (χ1) is 11.2. The molecule has 3 rings (SSSR count). The van der Waals surface area contributed by atoms with Crippen LogP contribution in [0.15, 0.2) is 18.5 Å². The van der Waals surface area contributed by atoms with E-state index in [-0.39, 0.29) is 12.5 Å². The molecule has 1 aliphatic rings. The number of amides is 1. The molecule has 1 amide bonds. The van der Waals surface area contributed by atoms with Gasteiger partial charge >= 0.3 is 0 Å². The first-order valence-electron chi connectivity index (χ1n) is 7.84. The van der Waals surface area contributed by atoms with Gasteiger partial charge in [-0.15, -0.1) is 0 Å². The van der Waals surface area contributed by atoms with E-state index >= 15 is 0 Å². The summed E-state index contributed by atoms with van der Waals surface area (Å²) in [5.74, 6) is 1.82. The van der Waals surface area contributed by atoms with Crippen LogP contribution in [0.5, 0.6) is 0 Å². The van der Waals surface area contributed by atoms with Crippen molar-refractivity contribution in [3.63, 3.8) is 0 Å². The lowest BCUT2D eigenvalue weighted by atomic mass is 10.2. The molecule has 0 aromatic carbocycles. The zero-order chi connectivity index (χ0) is 16.2. The predicted molar refractivity (Wildman–Crippen MR) is 87.0 cm³/mol. The van der Waals surface area contributed by atoms with Crippen molar-refractivity contribution in [3.8, 4) is 11.6 Å². The number of likely N-dealkylation sites (N-methyl/N-ethyl adjacent to an activating group) is 2. The topological polar surface area (TPSA) is 83.9 Å². The Hall–Kier alpha value is -2.57. The predicted octanol–water partition coefficient (Wildman–Crippen LogP) is 0.995. The third-order valence-electron chi connectivity index (χ3n) is 3.79. The van der Waals surface area contributed by atoms with Crippen LogP contribution in [0.25, 0.3) is 11.6 Å². The molecule has 7 heteroatoms. The van der Waals surface area contributed by atoms with Crippen LogP contribution in [-0.4, -0.2) is 46.0 Å². The largest absolute Gasteiger partial charge is 0.355 e. The second-order valence-corrected chi connectivity index (χ2v) is 5.53. The number of anilines is 1. The second-order valence-electron chi connectivity index (χ2n) is 5.53. The van der Waals surface area contributed by atoms with Gasteiger partial charge in [0.15, 0.2) is 11.6 Å². The summed E-state index contributed by atoms with van der Waals surface area (Å²) in [5, 5.41) is 2.81. The van der Waals surface area contributed by atoms with Crippen molar-refractivity contribution >= 4 is 11.7 Å². The van der Waals surface area contributed by atoms with Crippen LogP contribution in [-0.2, 0) is 17.6 Å². The maximum absolute atomic E-state index is 11.9. The molecule has 0 aliphatic heterocycles. The van der Waals surface area contributed by atoms with Gasteiger partial charge in [-0.3, -0.25) is 4.79 Å². The van der Waals surface area contributed by atoms with Crippen molar-refractivity contribution in [2.45, 2.75) is 26.2 Å². The third kappa shape index (κ3) is 3.28. The Morgan fingerprint density at radius 1 is 1.22 bits per heavy atom. The van der Waals surface area contributed by atoms with E-state index < -0.39 is 0 Å². The standard InChI is InChI=1S/C16H20N6O/c1-3-17-13(23)10-22(2)16-11-6-4-7-12(11)20-15(21-16)14-18-8-5-9-19-14/h5,8-9H,3-4,6-7,10H2,1-2H3,(H,17,23). The van der Waals surface area contributed by atoms with E-state index in [0.717, 1.165) is 36.3 Å². The summed E-state index contributed by atoms with van der Waals surface area (Å²) in [6.07, 6.45) is 6.29. The minimum Gasteiger partial charge on any atom is -0.355 e. The van der Waals surface area contributed by atoms with Gasteiger partial charge in [-0.1, -0.05) is 0 Å². The van der Waals surface area contributed by atoms with Crippen LogP contribution in [0, 0.1) is 0 Å². The number of nitrogens with one attached hydrogen (secondary N) is 1. The Balaban J connectivity index is 1.96. The highest BCUT2D eigenvalue weighted by molar-refractivity contribution is 5.81. The zero-order valence-corrected chi connectivity index (χ0v) is 13.4. The fraction of sp³-hybridized carbons (Fsp3) is 0.438. The van der Waals surface area contributed by atoms with Crippen LogP contribution >= 0.6 is 0 Å². The Morgan fingerprint density at radius 2 is 2.00 bits per heavy atom. The minimum absolute atomic E-state index is 0.0159. The summed E-state index contributed by atoms with van der Waals surface area (Å²) in [6.45, 7) is 2.80. The van der Waals surface area contributed by atoms with Crippen LogP contribution in [0.4, 0.5) is 5.82 Å². The fourth-order valence-corrected chi connectivity index (χ4v) is 2.79. The summed E-state index contributed by atoms with van der Waals surface area (Å²) >= 11 is 0. The van der Waals surface area contributed by atoms with Gasteiger partial charge in [0.25, 0.3) is 0 Å². The van der Waals surface area contributed by atoms with Crippen LogP contribution in [0.3, 0.4) is 0 Å². The van der Waals surface area contributed by atoms with Crippen molar-refractivity contribution in [3.05, 3.63) is 29.7 Å². The number of carbonyl (C=O) groups excluding carboxylic acids is 1. The van der Waals surface area contributed by atoms with E-state index in [9.17, 15) is 4.79 Å². The Bertz CT molecular complexity index is 703. The molecule has 0 radical (unpaired) electrons. The molecule has 120 valence electrons. The van der Waals surface area contributed by atoms with Crippen LogP contribution < -0.4 is 10.2 Å². The molecule has 0 fully saturated rings. The van der Waals surface area contributed by atoms with Crippen molar-refractivity contribution in [2.24, 2.45) is 0 Å². The number of fused-ring (bicyclic) bond motifs is 1. The molecule has 1 N–H and O–H groups in total. The highest BCUT2D eigenvalue weighted by Gasteiger charge is 2.23.